The van der Waals surface area contributed by atoms with Crippen LogP contribution < -0.4 is 10.5 Å². The van der Waals surface area contributed by atoms with Gasteiger partial charge in [0.05, 0.1) is 5.69 Å². The smallest absolute Gasteiger partial charge is 0.121 e. The van der Waals surface area contributed by atoms with Crippen molar-refractivity contribution in [3.63, 3.8) is 0 Å². The molecular weight excluding hydrogens is 258 g/mol. The molecular formula is C14H17N3OS. The number of hydrogen-bond donors (Lipinski definition) is 1. The Balaban J connectivity index is 1.74. The Morgan fingerprint density at radius 1 is 1.37 bits per heavy atom. The van der Waals surface area contributed by atoms with Crippen LogP contribution in [0.15, 0.2) is 30.3 Å². The van der Waals surface area contributed by atoms with E-state index in [0.717, 1.165) is 29.2 Å². The van der Waals surface area contributed by atoms with Crippen molar-refractivity contribution in [2.45, 2.75) is 12.5 Å². The monoisotopic (exact) mass is 275 g/mol. The molecule has 5 heteroatoms. The highest BCUT2D eigenvalue weighted by atomic mass is 32.2. The number of thioether (sulfide) groups is 1. The number of anilines is 1. The molecule has 100 valence electrons. The molecule has 2 heterocycles. The van der Waals surface area contributed by atoms with Crippen molar-refractivity contribution < 1.29 is 4.74 Å². The predicted molar refractivity (Wildman–Crippen MR) is 79.4 cm³/mol. The number of nitrogens with two attached hydrogens (primary N) is 1. The molecule has 1 aliphatic rings. The number of ether oxygens (including phenoxy) is 1. The highest BCUT2D eigenvalue weighted by Crippen LogP contribution is 2.26. The van der Waals surface area contributed by atoms with Crippen molar-refractivity contribution in [1.82, 2.24) is 9.78 Å². The van der Waals surface area contributed by atoms with Crippen LogP contribution in [0, 0.1) is 0 Å². The first kappa shape index (κ1) is 12.4. The van der Waals surface area contributed by atoms with Crippen LogP contribution in [0.5, 0.6) is 5.75 Å². The van der Waals surface area contributed by atoms with Crippen molar-refractivity contribution in [2.75, 3.05) is 17.2 Å². The van der Waals surface area contributed by atoms with E-state index < -0.39 is 0 Å². The number of hydrogen-bond acceptors (Lipinski definition) is 4. The highest BCUT2D eigenvalue weighted by molar-refractivity contribution is 7.99. The minimum absolute atomic E-state index is 0.362. The lowest BCUT2D eigenvalue weighted by molar-refractivity contribution is 0.229. The molecule has 0 saturated carbocycles. The van der Waals surface area contributed by atoms with Gasteiger partial charge in [0.1, 0.15) is 17.7 Å². The molecule has 3 rings (SSSR count). The fraction of sp³-hybridized carbons (Fsp3) is 0.357. The summed E-state index contributed by atoms with van der Waals surface area (Å²) < 4.78 is 7.60. The highest BCUT2D eigenvalue weighted by Gasteiger charge is 2.16. The average Bonchev–Trinajstić information content (AvgIpc) is 3.02. The second kappa shape index (κ2) is 5.17. The maximum atomic E-state index is 5.92. The second-order valence-electron chi connectivity index (χ2n) is 4.71. The molecule has 1 aromatic carbocycles. The van der Waals surface area contributed by atoms with Gasteiger partial charge in [-0.1, -0.05) is 0 Å². The Morgan fingerprint density at radius 2 is 2.16 bits per heavy atom. The van der Waals surface area contributed by atoms with Gasteiger partial charge in [0.15, 0.2) is 0 Å². The summed E-state index contributed by atoms with van der Waals surface area (Å²) in [6, 6.07) is 9.94. The van der Waals surface area contributed by atoms with Crippen LogP contribution in [0.4, 0.5) is 5.82 Å². The maximum Gasteiger partial charge on any atom is 0.121 e. The Labute approximate surface area is 116 Å². The zero-order chi connectivity index (χ0) is 13.2. The minimum Gasteiger partial charge on any atom is -0.490 e. The third-order valence-electron chi connectivity index (χ3n) is 3.26. The van der Waals surface area contributed by atoms with Crippen LogP contribution in [0.3, 0.4) is 0 Å². The van der Waals surface area contributed by atoms with Crippen LogP contribution in [-0.4, -0.2) is 27.4 Å². The lowest BCUT2D eigenvalue weighted by atomic mass is 10.1. The molecule has 0 bridgehead atoms. The van der Waals surface area contributed by atoms with Crippen molar-refractivity contribution in [3.8, 4) is 17.0 Å². The van der Waals surface area contributed by atoms with Gasteiger partial charge in [-0.05, 0) is 36.4 Å². The topological polar surface area (TPSA) is 53.1 Å². The van der Waals surface area contributed by atoms with Gasteiger partial charge in [0.25, 0.3) is 0 Å². The maximum absolute atomic E-state index is 5.92. The normalized spacial score (nSPS) is 18.7. The Bertz CT molecular complexity index is 539. The summed E-state index contributed by atoms with van der Waals surface area (Å²) in [4.78, 5) is 0. The summed E-state index contributed by atoms with van der Waals surface area (Å²) in [6.07, 6.45) is 1.50. The van der Waals surface area contributed by atoms with Crippen LogP contribution in [0.1, 0.15) is 6.42 Å². The van der Waals surface area contributed by atoms with Crippen molar-refractivity contribution in [3.05, 3.63) is 30.3 Å². The lowest BCUT2D eigenvalue weighted by Crippen LogP contribution is -2.14. The van der Waals surface area contributed by atoms with Gasteiger partial charge in [0.2, 0.25) is 0 Å². The Morgan fingerprint density at radius 3 is 2.74 bits per heavy atom. The van der Waals surface area contributed by atoms with E-state index in [2.05, 4.69) is 5.10 Å². The van der Waals surface area contributed by atoms with Crippen LogP contribution >= 0.6 is 11.8 Å². The van der Waals surface area contributed by atoms with Gasteiger partial charge < -0.3 is 10.5 Å². The first-order valence-corrected chi connectivity index (χ1v) is 7.52. The molecule has 4 nitrogen and oxygen atoms in total. The van der Waals surface area contributed by atoms with Gasteiger partial charge in [0, 0.05) is 24.4 Å². The van der Waals surface area contributed by atoms with Gasteiger partial charge in [-0.25, -0.2) is 0 Å². The van der Waals surface area contributed by atoms with Crippen LogP contribution in [0.25, 0.3) is 11.3 Å². The van der Waals surface area contributed by atoms with E-state index in [4.69, 9.17) is 10.5 Å². The molecule has 1 aliphatic heterocycles. The lowest BCUT2D eigenvalue weighted by Gasteiger charge is -2.12. The van der Waals surface area contributed by atoms with Gasteiger partial charge in [-0.15, -0.1) is 0 Å². The van der Waals surface area contributed by atoms with Crippen LogP contribution in [0.2, 0.25) is 0 Å². The van der Waals surface area contributed by atoms with Crippen LogP contribution in [-0.2, 0) is 7.05 Å². The molecule has 2 aromatic rings. The first-order chi connectivity index (χ1) is 9.22. The van der Waals surface area contributed by atoms with E-state index in [-0.39, 0.29) is 0 Å². The molecule has 0 radical (unpaired) electrons. The van der Waals surface area contributed by atoms with E-state index in [9.17, 15) is 0 Å². The number of nitrogens with zero attached hydrogens (tertiary/aromatic N) is 2. The standard InChI is InChI=1S/C14H17N3OS/c1-17-14(15)8-13(16-17)10-2-4-11(5-3-10)18-12-6-7-19-9-12/h2-5,8,12H,6-7,9,15H2,1H3. The molecule has 1 aromatic heterocycles. The molecule has 0 amide bonds. The molecule has 1 atom stereocenters. The predicted octanol–water partition coefficient (Wildman–Crippen LogP) is 2.55. The molecule has 1 saturated heterocycles. The van der Waals surface area contributed by atoms with E-state index in [1.54, 1.807) is 4.68 Å². The third-order valence-corrected chi connectivity index (χ3v) is 4.39. The van der Waals surface area contributed by atoms with Gasteiger partial charge in [-0.2, -0.15) is 16.9 Å². The Hall–Kier alpha value is -1.62. The summed E-state index contributed by atoms with van der Waals surface area (Å²) in [6.45, 7) is 0. The largest absolute Gasteiger partial charge is 0.490 e. The number of aryl methyl sites for hydroxylation is 1. The van der Waals surface area contributed by atoms with Crippen molar-refractivity contribution in [2.24, 2.45) is 7.05 Å². The molecule has 0 spiro atoms. The zero-order valence-corrected chi connectivity index (χ0v) is 11.7. The summed E-state index contributed by atoms with van der Waals surface area (Å²) >= 11 is 1.95. The van der Waals surface area contributed by atoms with E-state index >= 15 is 0 Å². The molecule has 2 N–H and O–H groups in total. The molecule has 0 aliphatic carbocycles. The average molecular weight is 275 g/mol. The summed E-state index contributed by atoms with van der Waals surface area (Å²) in [7, 11) is 1.84. The van der Waals surface area contributed by atoms with Crippen molar-refractivity contribution >= 4 is 17.6 Å². The molecule has 19 heavy (non-hydrogen) atoms. The van der Waals surface area contributed by atoms with E-state index in [0.29, 0.717) is 11.9 Å². The minimum atomic E-state index is 0.362. The molecule has 1 unspecified atom stereocenters. The Kier molecular flexibility index (Phi) is 3.38. The van der Waals surface area contributed by atoms with E-state index in [1.165, 1.54) is 5.75 Å². The quantitative estimate of drug-likeness (QED) is 0.935. The SMILES string of the molecule is Cn1nc(-c2ccc(OC3CCSC3)cc2)cc1N. The van der Waals surface area contributed by atoms with Gasteiger partial charge in [-0.3, -0.25) is 4.68 Å². The number of aromatic nitrogens is 2. The third kappa shape index (κ3) is 2.71. The first-order valence-electron chi connectivity index (χ1n) is 6.37. The second-order valence-corrected chi connectivity index (χ2v) is 5.86. The van der Waals surface area contributed by atoms with Crippen molar-refractivity contribution in [1.29, 1.82) is 0 Å². The fourth-order valence-electron chi connectivity index (χ4n) is 2.13. The summed E-state index contributed by atoms with van der Waals surface area (Å²) in [5.74, 6) is 3.90. The number of nitrogen functional groups attached to an aromatic ring is 1. The summed E-state index contributed by atoms with van der Waals surface area (Å²) in [5.41, 5.74) is 7.74. The zero-order valence-electron chi connectivity index (χ0n) is 10.9. The van der Waals surface area contributed by atoms with E-state index in [1.807, 2.05) is 49.1 Å². The summed E-state index contributed by atoms with van der Waals surface area (Å²) in [5, 5.41) is 4.36. The number of benzene rings is 1. The fourth-order valence-corrected chi connectivity index (χ4v) is 3.22. The van der Waals surface area contributed by atoms with Gasteiger partial charge >= 0.3 is 0 Å². The molecule has 1 fully saturated rings. The number of rotatable bonds is 3.